The molecule has 0 aliphatic heterocycles. The van der Waals surface area contributed by atoms with E-state index < -0.39 is 0 Å². The van der Waals surface area contributed by atoms with Crippen LogP contribution >= 0.6 is 0 Å². The van der Waals surface area contributed by atoms with E-state index in [1.54, 1.807) is 19.2 Å². The number of nitrogens with one attached hydrogen (secondary N) is 1. The molecule has 1 aromatic rings. The SMILES string of the molecule is CCC(CC)(CO)CNC(=O)c1ccc(C)c(OC)c1. The Morgan fingerprint density at radius 2 is 2.00 bits per heavy atom. The number of benzene rings is 1. The number of aliphatic hydroxyl groups is 1. The van der Waals surface area contributed by atoms with Gasteiger partial charge in [0.15, 0.2) is 0 Å². The van der Waals surface area contributed by atoms with Gasteiger partial charge in [-0.1, -0.05) is 19.9 Å². The Hall–Kier alpha value is -1.55. The third-order valence-electron chi connectivity index (χ3n) is 4.13. The molecule has 4 nitrogen and oxygen atoms in total. The Morgan fingerprint density at radius 1 is 1.35 bits per heavy atom. The third kappa shape index (κ3) is 3.73. The summed E-state index contributed by atoms with van der Waals surface area (Å²) in [4.78, 5) is 12.2. The number of amides is 1. The molecule has 0 unspecified atom stereocenters. The van der Waals surface area contributed by atoms with Crippen molar-refractivity contribution in [1.82, 2.24) is 5.32 Å². The second-order valence-corrected chi connectivity index (χ2v) is 5.23. The fourth-order valence-corrected chi connectivity index (χ4v) is 2.11. The van der Waals surface area contributed by atoms with Crippen LogP contribution in [0.4, 0.5) is 0 Å². The second kappa shape index (κ2) is 7.29. The first-order valence-corrected chi connectivity index (χ1v) is 7.05. The maximum absolute atomic E-state index is 12.2. The Balaban J connectivity index is 2.76. The molecule has 0 bridgehead atoms. The van der Waals surface area contributed by atoms with E-state index in [1.165, 1.54) is 0 Å². The van der Waals surface area contributed by atoms with Crippen LogP contribution in [0.1, 0.15) is 42.6 Å². The van der Waals surface area contributed by atoms with Gasteiger partial charge < -0.3 is 15.2 Å². The van der Waals surface area contributed by atoms with Crippen LogP contribution in [-0.4, -0.2) is 31.3 Å². The predicted octanol–water partition coefficient (Wildman–Crippen LogP) is 2.53. The smallest absolute Gasteiger partial charge is 0.251 e. The highest BCUT2D eigenvalue weighted by Crippen LogP contribution is 2.25. The van der Waals surface area contributed by atoms with Gasteiger partial charge in [0.2, 0.25) is 0 Å². The monoisotopic (exact) mass is 279 g/mol. The summed E-state index contributed by atoms with van der Waals surface area (Å²) in [6, 6.07) is 5.39. The van der Waals surface area contributed by atoms with Gasteiger partial charge in [-0.2, -0.15) is 0 Å². The Labute approximate surface area is 121 Å². The number of rotatable bonds is 7. The van der Waals surface area contributed by atoms with E-state index in [4.69, 9.17) is 4.74 Å². The molecule has 0 aromatic heterocycles. The minimum absolute atomic E-state index is 0.0809. The molecule has 1 aromatic carbocycles. The molecule has 0 radical (unpaired) electrons. The zero-order chi connectivity index (χ0) is 15.2. The predicted molar refractivity (Wildman–Crippen MR) is 80.2 cm³/mol. The van der Waals surface area contributed by atoms with Gasteiger partial charge in [0.05, 0.1) is 13.7 Å². The minimum Gasteiger partial charge on any atom is -0.496 e. The normalized spacial score (nSPS) is 11.2. The molecule has 0 aliphatic rings. The number of carbonyl (C=O) groups excluding carboxylic acids is 1. The summed E-state index contributed by atoms with van der Waals surface area (Å²) in [7, 11) is 1.59. The van der Waals surface area contributed by atoms with Crippen LogP contribution in [-0.2, 0) is 0 Å². The first kappa shape index (κ1) is 16.5. The molecule has 0 spiro atoms. The van der Waals surface area contributed by atoms with Crippen LogP contribution in [0.5, 0.6) is 5.75 Å². The number of hydrogen-bond acceptors (Lipinski definition) is 3. The van der Waals surface area contributed by atoms with Crippen molar-refractivity contribution < 1.29 is 14.6 Å². The first-order chi connectivity index (χ1) is 9.51. The van der Waals surface area contributed by atoms with E-state index in [1.807, 2.05) is 26.8 Å². The summed E-state index contributed by atoms with van der Waals surface area (Å²) >= 11 is 0. The second-order valence-electron chi connectivity index (χ2n) is 5.23. The number of carbonyl (C=O) groups is 1. The Morgan fingerprint density at radius 3 is 2.50 bits per heavy atom. The lowest BCUT2D eigenvalue weighted by Crippen LogP contribution is -2.39. The van der Waals surface area contributed by atoms with Crippen LogP contribution < -0.4 is 10.1 Å². The summed E-state index contributed by atoms with van der Waals surface area (Å²) in [6.07, 6.45) is 1.66. The quantitative estimate of drug-likeness (QED) is 0.806. The van der Waals surface area contributed by atoms with Crippen LogP contribution in [0.3, 0.4) is 0 Å². The van der Waals surface area contributed by atoms with E-state index in [-0.39, 0.29) is 17.9 Å². The maximum atomic E-state index is 12.2. The number of ether oxygens (including phenoxy) is 1. The maximum Gasteiger partial charge on any atom is 0.251 e. The van der Waals surface area contributed by atoms with Crippen molar-refractivity contribution in [2.45, 2.75) is 33.6 Å². The summed E-state index contributed by atoms with van der Waals surface area (Å²) in [5.41, 5.74) is 1.34. The summed E-state index contributed by atoms with van der Waals surface area (Å²) in [6.45, 7) is 6.55. The number of aryl methyl sites for hydroxylation is 1. The van der Waals surface area contributed by atoms with Gasteiger partial charge in [-0.15, -0.1) is 0 Å². The number of hydrogen-bond donors (Lipinski definition) is 2. The highest BCUT2D eigenvalue weighted by Gasteiger charge is 2.26. The molecule has 2 N–H and O–H groups in total. The van der Waals surface area contributed by atoms with Crippen molar-refractivity contribution in [2.24, 2.45) is 5.41 Å². The number of methoxy groups -OCH3 is 1. The Kier molecular flexibility index (Phi) is 6.02. The topological polar surface area (TPSA) is 58.6 Å². The van der Waals surface area contributed by atoms with Crippen LogP contribution in [0.2, 0.25) is 0 Å². The standard InChI is InChI=1S/C16H25NO3/c1-5-16(6-2,11-18)10-17-15(19)13-8-7-12(3)14(9-13)20-4/h7-9,18H,5-6,10-11H2,1-4H3,(H,17,19). The van der Waals surface area contributed by atoms with Crippen molar-refractivity contribution in [3.63, 3.8) is 0 Å². The molecule has 20 heavy (non-hydrogen) atoms. The van der Waals surface area contributed by atoms with Gasteiger partial charge >= 0.3 is 0 Å². The molecule has 4 heteroatoms. The van der Waals surface area contributed by atoms with Gasteiger partial charge in [-0.05, 0) is 37.5 Å². The van der Waals surface area contributed by atoms with Crippen molar-refractivity contribution in [3.8, 4) is 5.75 Å². The molecule has 0 aliphatic carbocycles. The van der Waals surface area contributed by atoms with Crippen molar-refractivity contribution in [2.75, 3.05) is 20.3 Å². The van der Waals surface area contributed by atoms with E-state index in [2.05, 4.69) is 5.32 Å². The van der Waals surface area contributed by atoms with Crippen molar-refractivity contribution >= 4 is 5.91 Å². The zero-order valence-corrected chi connectivity index (χ0v) is 12.8. The van der Waals surface area contributed by atoms with E-state index in [0.29, 0.717) is 17.9 Å². The van der Waals surface area contributed by atoms with Gasteiger partial charge in [-0.3, -0.25) is 4.79 Å². The first-order valence-electron chi connectivity index (χ1n) is 7.05. The highest BCUT2D eigenvalue weighted by molar-refractivity contribution is 5.94. The molecular formula is C16H25NO3. The summed E-state index contributed by atoms with van der Waals surface area (Å²) < 4.78 is 5.22. The van der Waals surface area contributed by atoms with Gasteiger partial charge in [-0.25, -0.2) is 0 Å². The summed E-state index contributed by atoms with van der Waals surface area (Å²) in [5.74, 6) is 0.570. The van der Waals surface area contributed by atoms with Crippen molar-refractivity contribution in [1.29, 1.82) is 0 Å². The van der Waals surface area contributed by atoms with Crippen LogP contribution in [0, 0.1) is 12.3 Å². The average Bonchev–Trinajstić information content (AvgIpc) is 2.49. The highest BCUT2D eigenvalue weighted by atomic mass is 16.5. The molecule has 0 fully saturated rings. The molecule has 1 rings (SSSR count). The lowest BCUT2D eigenvalue weighted by atomic mass is 9.83. The van der Waals surface area contributed by atoms with Gasteiger partial charge in [0.1, 0.15) is 5.75 Å². The van der Waals surface area contributed by atoms with E-state index in [9.17, 15) is 9.90 Å². The average molecular weight is 279 g/mol. The van der Waals surface area contributed by atoms with Crippen molar-refractivity contribution in [3.05, 3.63) is 29.3 Å². The third-order valence-corrected chi connectivity index (χ3v) is 4.13. The van der Waals surface area contributed by atoms with E-state index in [0.717, 1.165) is 18.4 Å². The minimum atomic E-state index is -0.232. The number of aliphatic hydroxyl groups excluding tert-OH is 1. The molecule has 0 atom stereocenters. The molecule has 0 saturated carbocycles. The lowest BCUT2D eigenvalue weighted by molar-refractivity contribution is 0.0851. The van der Waals surface area contributed by atoms with Crippen LogP contribution in [0.15, 0.2) is 18.2 Å². The van der Waals surface area contributed by atoms with Gasteiger partial charge in [0.25, 0.3) is 5.91 Å². The Bertz CT molecular complexity index is 445. The molecule has 0 heterocycles. The zero-order valence-electron chi connectivity index (χ0n) is 12.8. The molecular weight excluding hydrogens is 254 g/mol. The lowest BCUT2D eigenvalue weighted by Gasteiger charge is -2.29. The largest absolute Gasteiger partial charge is 0.496 e. The van der Waals surface area contributed by atoms with Crippen LogP contribution in [0.25, 0.3) is 0 Å². The van der Waals surface area contributed by atoms with Gasteiger partial charge in [0, 0.05) is 17.5 Å². The molecule has 1 amide bonds. The molecule has 0 saturated heterocycles. The molecule has 112 valence electrons. The fraction of sp³-hybridized carbons (Fsp3) is 0.562. The van der Waals surface area contributed by atoms with E-state index >= 15 is 0 Å². The summed E-state index contributed by atoms with van der Waals surface area (Å²) in [5, 5.41) is 12.4. The fourth-order valence-electron chi connectivity index (χ4n) is 2.11.